The van der Waals surface area contributed by atoms with Crippen molar-refractivity contribution < 1.29 is 17.6 Å². The zero-order valence-corrected chi connectivity index (χ0v) is 16.6. The van der Waals surface area contributed by atoms with E-state index in [4.69, 9.17) is 4.42 Å². The van der Waals surface area contributed by atoms with Crippen LogP contribution in [-0.4, -0.2) is 54.7 Å². The Morgan fingerprint density at radius 3 is 2.50 bits per heavy atom. The molecule has 146 valence electrons. The van der Waals surface area contributed by atoms with Gasteiger partial charge in [0.05, 0.1) is 4.90 Å². The van der Waals surface area contributed by atoms with Crippen LogP contribution in [0.3, 0.4) is 0 Å². The standard InChI is InChI=1S/C20H21N3O4S/c1-14-3-6-19(15(2)11-14)28(25,26)23-9-7-22(8-10-23)20(24)16-4-5-18-17(12-16)21-13-27-18/h3-6,11-13H,7-10H2,1-2H3. The lowest BCUT2D eigenvalue weighted by Crippen LogP contribution is -2.50. The second kappa shape index (κ2) is 7.03. The minimum atomic E-state index is -3.57. The van der Waals surface area contributed by atoms with Crippen molar-refractivity contribution in [3.63, 3.8) is 0 Å². The molecule has 0 N–H and O–H groups in total. The fourth-order valence-electron chi connectivity index (χ4n) is 3.53. The number of hydrogen-bond donors (Lipinski definition) is 0. The fourth-order valence-corrected chi connectivity index (χ4v) is 5.16. The lowest BCUT2D eigenvalue weighted by Gasteiger charge is -2.34. The molecule has 1 aliphatic rings. The molecular weight excluding hydrogens is 378 g/mol. The molecule has 0 unspecified atom stereocenters. The number of carbonyl (C=O) groups excluding carboxylic acids is 1. The normalized spacial score (nSPS) is 15.9. The number of rotatable bonds is 3. The summed E-state index contributed by atoms with van der Waals surface area (Å²) in [5.74, 6) is -0.131. The molecule has 0 spiro atoms. The lowest BCUT2D eigenvalue weighted by atomic mass is 10.1. The van der Waals surface area contributed by atoms with Gasteiger partial charge >= 0.3 is 0 Å². The Kier molecular flexibility index (Phi) is 4.68. The summed E-state index contributed by atoms with van der Waals surface area (Å²) in [6, 6.07) is 10.4. The lowest BCUT2D eigenvalue weighted by molar-refractivity contribution is 0.0698. The van der Waals surface area contributed by atoms with E-state index in [-0.39, 0.29) is 19.0 Å². The number of fused-ring (bicyclic) bond motifs is 1. The van der Waals surface area contributed by atoms with E-state index in [0.29, 0.717) is 34.6 Å². The number of aromatic nitrogens is 1. The summed E-state index contributed by atoms with van der Waals surface area (Å²) in [5, 5.41) is 0. The van der Waals surface area contributed by atoms with Crippen LogP contribution in [0.4, 0.5) is 0 Å². The van der Waals surface area contributed by atoms with Gasteiger partial charge in [-0.05, 0) is 43.7 Å². The highest BCUT2D eigenvalue weighted by molar-refractivity contribution is 7.89. The summed E-state index contributed by atoms with van der Waals surface area (Å²) in [4.78, 5) is 18.9. The Bertz CT molecular complexity index is 1150. The number of carbonyl (C=O) groups is 1. The Balaban J connectivity index is 1.48. The van der Waals surface area contributed by atoms with E-state index >= 15 is 0 Å². The Hall–Kier alpha value is -2.71. The van der Waals surface area contributed by atoms with E-state index in [0.717, 1.165) is 11.1 Å². The van der Waals surface area contributed by atoms with Crippen molar-refractivity contribution in [2.75, 3.05) is 26.2 Å². The van der Waals surface area contributed by atoms with Crippen molar-refractivity contribution in [3.8, 4) is 0 Å². The second-order valence-corrected chi connectivity index (χ2v) is 8.91. The van der Waals surface area contributed by atoms with Gasteiger partial charge in [-0.1, -0.05) is 17.7 Å². The number of sulfonamides is 1. The topological polar surface area (TPSA) is 83.7 Å². The van der Waals surface area contributed by atoms with E-state index in [1.54, 1.807) is 42.2 Å². The molecule has 1 saturated heterocycles. The van der Waals surface area contributed by atoms with Crippen molar-refractivity contribution in [1.29, 1.82) is 0 Å². The molecule has 0 radical (unpaired) electrons. The number of amides is 1. The van der Waals surface area contributed by atoms with Crippen molar-refractivity contribution in [2.24, 2.45) is 0 Å². The van der Waals surface area contributed by atoms with Gasteiger partial charge in [0.15, 0.2) is 12.0 Å². The molecule has 1 aliphatic heterocycles. The first-order chi connectivity index (χ1) is 13.4. The van der Waals surface area contributed by atoms with Gasteiger partial charge in [-0.3, -0.25) is 4.79 Å². The van der Waals surface area contributed by atoms with Gasteiger partial charge in [0.2, 0.25) is 10.0 Å². The molecule has 1 fully saturated rings. The molecule has 8 heteroatoms. The minimum Gasteiger partial charge on any atom is -0.443 e. The molecule has 0 aliphatic carbocycles. The Morgan fingerprint density at radius 2 is 1.79 bits per heavy atom. The number of aryl methyl sites for hydroxylation is 2. The number of hydrogen-bond acceptors (Lipinski definition) is 5. The predicted octanol–water partition coefficient (Wildman–Crippen LogP) is 2.59. The van der Waals surface area contributed by atoms with Gasteiger partial charge in [0.25, 0.3) is 5.91 Å². The predicted molar refractivity (Wildman–Crippen MR) is 105 cm³/mol. The molecule has 0 saturated carbocycles. The molecule has 2 heterocycles. The molecule has 3 aromatic rings. The summed E-state index contributed by atoms with van der Waals surface area (Å²) in [6.45, 7) is 4.98. The van der Waals surface area contributed by atoms with Gasteiger partial charge in [-0.25, -0.2) is 13.4 Å². The number of nitrogens with zero attached hydrogens (tertiary/aromatic N) is 3. The summed E-state index contributed by atoms with van der Waals surface area (Å²) < 4.78 is 32.6. The molecular formula is C20H21N3O4S. The van der Waals surface area contributed by atoms with Crippen LogP contribution in [0.5, 0.6) is 0 Å². The van der Waals surface area contributed by atoms with Gasteiger partial charge in [-0.2, -0.15) is 4.31 Å². The first-order valence-corrected chi connectivity index (χ1v) is 10.5. The number of benzene rings is 2. The number of oxazole rings is 1. The van der Waals surface area contributed by atoms with Crippen molar-refractivity contribution in [2.45, 2.75) is 18.7 Å². The molecule has 0 bridgehead atoms. The third-order valence-corrected chi connectivity index (χ3v) is 7.11. The third kappa shape index (κ3) is 3.29. The summed E-state index contributed by atoms with van der Waals surface area (Å²) in [5.41, 5.74) is 3.53. The Labute approximate surface area is 163 Å². The highest BCUT2D eigenvalue weighted by Gasteiger charge is 2.31. The van der Waals surface area contributed by atoms with E-state index < -0.39 is 10.0 Å². The maximum absolute atomic E-state index is 13.0. The molecule has 0 atom stereocenters. The van der Waals surface area contributed by atoms with Crippen LogP contribution in [0.1, 0.15) is 21.5 Å². The second-order valence-electron chi connectivity index (χ2n) is 7.00. The van der Waals surface area contributed by atoms with E-state index in [1.165, 1.54) is 10.7 Å². The van der Waals surface area contributed by atoms with E-state index in [1.807, 2.05) is 13.0 Å². The monoisotopic (exact) mass is 399 g/mol. The maximum Gasteiger partial charge on any atom is 0.254 e. The van der Waals surface area contributed by atoms with E-state index in [9.17, 15) is 13.2 Å². The van der Waals surface area contributed by atoms with Crippen LogP contribution >= 0.6 is 0 Å². The molecule has 2 aromatic carbocycles. The van der Waals surface area contributed by atoms with E-state index in [2.05, 4.69) is 4.98 Å². The minimum absolute atomic E-state index is 0.131. The van der Waals surface area contributed by atoms with Crippen LogP contribution in [0, 0.1) is 13.8 Å². The summed E-state index contributed by atoms with van der Waals surface area (Å²) in [6.07, 6.45) is 1.34. The highest BCUT2D eigenvalue weighted by atomic mass is 32.2. The van der Waals surface area contributed by atoms with Gasteiger partial charge in [-0.15, -0.1) is 0 Å². The molecule has 4 rings (SSSR count). The SMILES string of the molecule is Cc1ccc(S(=O)(=O)N2CCN(C(=O)c3ccc4ocnc4c3)CC2)c(C)c1. The smallest absolute Gasteiger partial charge is 0.254 e. The van der Waals surface area contributed by atoms with Crippen molar-refractivity contribution in [1.82, 2.24) is 14.2 Å². The average Bonchev–Trinajstić information content (AvgIpc) is 3.15. The average molecular weight is 399 g/mol. The van der Waals surface area contributed by atoms with Crippen LogP contribution < -0.4 is 0 Å². The first kappa shape index (κ1) is 18.6. The zero-order valence-electron chi connectivity index (χ0n) is 15.8. The van der Waals surface area contributed by atoms with Gasteiger partial charge < -0.3 is 9.32 Å². The van der Waals surface area contributed by atoms with Gasteiger partial charge in [0.1, 0.15) is 5.52 Å². The van der Waals surface area contributed by atoms with Crippen molar-refractivity contribution >= 4 is 27.0 Å². The van der Waals surface area contributed by atoms with Crippen LogP contribution in [-0.2, 0) is 10.0 Å². The zero-order chi connectivity index (χ0) is 19.9. The molecule has 1 aromatic heterocycles. The fraction of sp³-hybridized carbons (Fsp3) is 0.300. The van der Waals surface area contributed by atoms with Crippen molar-refractivity contribution in [3.05, 3.63) is 59.5 Å². The molecule has 1 amide bonds. The number of piperazine rings is 1. The van der Waals surface area contributed by atoms with Gasteiger partial charge in [0, 0.05) is 31.7 Å². The summed E-state index contributed by atoms with van der Waals surface area (Å²) in [7, 11) is -3.57. The summed E-state index contributed by atoms with van der Waals surface area (Å²) >= 11 is 0. The maximum atomic E-state index is 13.0. The Morgan fingerprint density at radius 1 is 1.04 bits per heavy atom. The molecule has 28 heavy (non-hydrogen) atoms. The van der Waals surface area contributed by atoms with Crippen LogP contribution in [0.25, 0.3) is 11.1 Å². The van der Waals surface area contributed by atoms with Crippen LogP contribution in [0.2, 0.25) is 0 Å². The largest absolute Gasteiger partial charge is 0.443 e. The highest BCUT2D eigenvalue weighted by Crippen LogP contribution is 2.23. The quantitative estimate of drug-likeness (QED) is 0.676. The van der Waals surface area contributed by atoms with Crippen LogP contribution in [0.15, 0.2) is 52.1 Å². The molecule has 7 nitrogen and oxygen atoms in total. The first-order valence-electron chi connectivity index (χ1n) is 9.06. The third-order valence-electron chi connectivity index (χ3n) is 5.05.